The van der Waals surface area contributed by atoms with E-state index in [4.69, 9.17) is 0 Å². The Kier molecular flexibility index (Phi) is 5.17. The van der Waals surface area contributed by atoms with E-state index >= 15 is 0 Å². The van der Waals surface area contributed by atoms with Crippen LogP contribution >= 0.6 is 12.4 Å². The predicted molar refractivity (Wildman–Crippen MR) is 112 cm³/mol. The van der Waals surface area contributed by atoms with E-state index < -0.39 is 0 Å². The van der Waals surface area contributed by atoms with E-state index in [0.717, 1.165) is 44.7 Å². The van der Waals surface area contributed by atoms with Gasteiger partial charge >= 0.3 is 0 Å². The molecular weight excluding hydrogens is 374 g/mol. The normalized spacial score (nSPS) is 15.2. The molecule has 148 valence electrons. The number of hydrogen-bond donors (Lipinski definition) is 2. The zero-order chi connectivity index (χ0) is 18.4. The molecule has 0 aliphatic carbocycles. The number of para-hydroxylation sites is 1. The van der Waals surface area contributed by atoms with Gasteiger partial charge in [0.2, 0.25) is 0 Å². The molecule has 2 N–H and O–H groups in total. The van der Waals surface area contributed by atoms with Gasteiger partial charge in [0.15, 0.2) is 0 Å². The number of fused-ring (bicyclic) bond motifs is 1. The Morgan fingerprint density at radius 3 is 3.07 bits per heavy atom. The van der Waals surface area contributed by atoms with Crippen molar-refractivity contribution in [1.29, 1.82) is 0 Å². The molecule has 3 aromatic rings. The van der Waals surface area contributed by atoms with E-state index in [0.29, 0.717) is 12.2 Å². The van der Waals surface area contributed by atoms with Gasteiger partial charge in [0.25, 0.3) is 5.91 Å². The monoisotopic (exact) mass is 399 g/mol. The van der Waals surface area contributed by atoms with Crippen LogP contribution in [0.2, 0.25) is 0 Å². The zero-order valence-corrected chi connectivity index (χ0v) is 16.9. The molecule has 0 radical (unpaired) electrons. The third-order valence-corrected chi connectivity index (χ3v) is 5.95. The van der Waals surface area contributed by atoms with E-state index in [1.165, 1.54) is 34.1 Å². The summed E-state index contributed by atoms with van der Waals surface area (Å²) in [5.41, 5.74) is 7.16. The molecule has 2 aliphatic rings. The first kappa shape index (κ1) is 19.0. The number of nitrogens with zero attached hydrogens (tertiary/aromatic N) is 3. The van der Waals surface area contributed by atoms with Crippen molar-refractivity contribution in [2.45, 2.75) is 45.8 Å². The Balaban J connectivity index is 0.00000192. The van der Waals surface area contributed by atoms with Gasteiger partial charge in [-0.15, -0.1) is 12.4 Å². The highest BCUT2D eigenvalue weighted by molar-refractivity contribution is 5.92. The first-order chi connectivity index (χ1) is 13.2. The number of rotatable bonds is 4. The molecule has 1 aromatic carbocycles. The fraction of sp³-hybridized carbons (Fsp3) is 0.429. The molecule has 4 heterocycles. The maximum Gasteiger partial charge on any atom is 0.271 e. The summed E-state index contributed by atoms with van der Waals surface area (Å²) >= 11 is 0. The van der Waals surface area contributed by atoms with Gasteiger partial charge in [0.05, 0.1) is 17.8 Å². The van der Waals surface area contributed by atoms with Crippen LogP contribution in [0, 0.1) is 6.92 Å². The van der Waals surface area contributed by atoms with Crippen molar-refractivity contribution >= 4 is 29.2 Å². The third-order valence-electron chi connectivity index (χ3n) is 5.95. The molecule has 28 heavy (non-hydrogen) atoms. The second kappa shape index (κ2) is 7.60. The average Bonchev–Trinajstić information content (AvgIpc) is 3.24. The van der Waals surface area contributed by atoms with Crippen LogP contribution in [0.1, 0.15) is 39.4 Å². The van der Waals surface area contributed by atoms with Crippen LogP contribution in [0.15, 0.2) is 24.3 Å². The Hall–Kier alpha value is -2.31. The Morgan fingerprint density at radius 1 is 1.32 bits per heavy atom. The summed E-state index contributed by atoms with van der Waals surface area (Å²) in [5.74, 6) is -0.0803. The van der Waals surface area contributed by atoms with E-state index in [1.807, 2.05) is 10.7 Å². The molecule has 0 saturated heterocycles. The number of carbonyl (C=O) groups is 1. The highest BCUT2D eigenvalue weighted by Crippen LogP contribution is 2.32. The molecule has 0 atom stereocenters. The smallest absolute Gasteiger partial charge is 0.271 e. The van der Waals surface area contributed by atoms with Gasteiger partial charge in [0, 0.05) is 37.3 Å². The summed E-state index contributed by atoms with van der Waals surface area (Å²) in [6, 6.07) is 8.53. The van der Waals surface area contributed by atoms with Gasteiger partial charge < -0.3 is 15.2 Å². The van der Waals surface area contributed by atoms with Crippen molar-refractivity contribution in [2.24, 2.45) is 0 Å². The predicted octanol–water partition coefficient (Wildman–Crippen LogP) is 2.59. The average molecular weight is 400 g/mol. The van der Waals surface area contributed by atoms with Gasteiger partial charge in [-0.1, -0.05) is 18.2 Å². The lowest BCUT2D eigenvalue weighted by atomic mass is 10.0. The molecule has 0 spiro atoms. The Morgan fingerprint density at radius 2 is 2.21 bits per heavy atom. The fourth-order valence-electron chi connectivity index (χ4n) is 4.60. The minimum atomic E-state index is -0.0803. The van der Waals surface area contributed by atoms with Crippen molar-refractivity contribution in [3.05, 3.63) is 52.5 Å². The maximum atomic E-state index is 12.5. The van der Waals surface area contributed by atoms with Gasteiger partial charge in [-0.2, -0.15) is 5.10 Å². The molecule has 0 bridgehead atoms. The SMILES string of the molecule is Cc1c(CCNC(=O)c2cc3n(n2)CCNC3)c2cccc3c2n1CCC3.Cl. The van der Waals surface area contributed by atoms with E-state index in [-0.39, 0.29) is 18.3 Å². The molecule has 7 heteroatoms. The van der Waals surface area contributed by atoms with Crippen molar-refractivity contribution in [1.82, 2.24) is 25.0 Å². The Bertz CT molecular complexity index is 1010. The second-order valence-corrected chi connectivity index (χ2v) is 7.56. The van der Waals surface area contributed by atoms with Crippen LogP contribution in [-0.2, 0) is 32.5 Å². The van der Waals surface area contributed by atoms with E-state index in [9.17, 15) is 4.79 Å². The zero-order valence-electron chi connectivity index (χ0n) is 16.1. The first-order valence-electron chi connectivity index (χ1n) is 9.87. The molecular formula is C21H26ClN5O. The van der Waals surface area contributed by atoms with Gasteiger partial charge in [0.1, 0.15) is 5.69 Å². The van der Waals surface area contributed by atoms with Crippen LogP contribution in [0.4, 0.5) is 0 Å². The molecule has 1 amide bonds. The summed E-state index contributed by atoms with van der Waals surface area (Å²) in [7, 11) is 0. The minimum absolute atomic E-state index is 0. The number of aromatic nitrogens is 3. The summed E-state index contributed by atoms with van der Waals surface area (Å²) in [6.45, 7) is 6.44. The van der Waals surface area contributed by atoms with Crippen molar-refractivity contribution in [2.75, 3.05) is 13.1 Å². The highest BCUT2D eigenvalue weighted by atomic mass is 35.5. The van der Waals surface area contributed by atoms with Crippen LogP contribution in [0.3, 0.4) is 0 Å². The number of nitrogens with one attached hydrogen (secondary N) is 2. The summed E-state index contributed by atoms with van der Waals surface area (Å²) < 4.78 is 4.39. The van der Waals surface area contributed by atoms with Crippen LogP contribution in [-0.4, -0.2) is 33.3 Å². The number of aryl methyl sites for hydroxylation is 2. The summed E-state index contributed by atoms with van der Waals surface area (Å²) in [5, 5.41) is 12.2. The second-order valence-electron chi connectivity index (χ2n) is 7.56. The number of halogens is 1. The Labute approximate surface area is 170 Å². The van der Waals surface area contributed by atoms with Crippen molar-refractivity contribution in [3.8, 4) is 0 Å². The molecule has 2 aromatic heterocycles. The molecule has 0 unspecified atom stereocenters. The lowest BCUT2D eigenvalue weighted by Gasteiger charge is -2.16. The lowest BCUT2D eigenvalue weighted by Crippen LogP contribution is -2.28. The molecule has 2 aliphatic heterocycles. The number of carbonyl (C=O) groups excluding carboxylic acids is 1. The van der Waals surface area contributed by atoms with Gasteiger partial charge in [-0.05, 0) is 43.4 Å². The fourth-order valence-corrected chi connectivity index (χ4v) is 4.60. The number of hydrogen-bond acceptors (Lipinski definition) is 3. The van der Waals surface area contributed by atoms with Gasteiger partial charge in [-0.25, -0.2) is 0 Å². The topological polar surface area (TPSA) is 63.9 Å². The van der Waals surface area contributed by atoms with Crippen LogP contribution in [0.5, 0.6) is 0 Å². The first-order valence-corrected chi connectivity index (χ1v) is 9.87. The van der Waals surface area contributed by atoms with Crippen LogP contribution < -0.4 is 10.6 Å². The van der Waals surface area contributed by atoms with E-state index in [1.54, 1.807) is 0 Å². The number of benzene rings is 1. The van der Waals surface area contributed by atoms with Crippen molar-refractivity contribution < 1.29 is 4.79 Å². The summed E-state index contributed by atoms with van der Waals surface area (Å²) in [6.07, 6.45) is 3.22. The molecule has 0 saturated carbocycles. The summed E-state index contributed by atoms with van der Waals surface area (Å²) in [4.78, 5) is 12.5. The quantitative estimate of drug-likeness (QED) is 0.708. The standard InChI is InChI=1S/C21H25N5O.ClH/c1-14-17(18-6-2-4-15-5-3-10-25(14)20(15)18)7-8-23-21(27)19-12-16-13-22-9-11-26(16)24-19;/h2,4,6,12,22H,3,5,7-11,13H2,1H3,(H,23,27);1H. The van der Waals surface area contributed by atoms with E-state index in [2.05, 4.69) is 45.4 Å². The highest BCUT2D eigenvalue weighted by Gasteiger charge is 2.20. The lowest BCUT2D eigenvalue weighted by molar-refractivity contribution is 0.0948. The number of amides is 1. The third kappa shape index (κ3) is 3.10. The maximum absolute atomic E-state index is 12.5. The van der Waals surface area contributed by atoms with Crippen LogP contribution in [0.25, 0.3) is 10.9 Å². The molecule has 5 rings (SSSR count). The largest absolute Gasteiger partial charge is 0.350 e. The molecule has 6 nitrogen and oxygen atoms in total. The molecule has 0 fully saturated rings. The minimum Gasteiger partial charge on any atom is -0.350 e. The van der Waals surface area contributed by atoms with Gasteiger partial charge in [-0.3, -0.25) is 9.48 Å². The van der Waals surface area contributed by atoms with Crippen molar-refractivity contribution in [3.63, 3.8) is 0 Å².